The molecule has 21 heavy (non-hydrogen) atoms. The van der Waals surface area contributed by atoms with Crippen LogP contribution in [0.25, 0.3) is 0 Å². The summed E-state index contributed by atoms with van der Waals surface area (Å²) in [4.78, 5) is 12.4. The molecule has 1 N–H and O–H groups in total. The molecule has 2 rings (SSSR count). The number of carbonyl (C=O) groups excluding carboxylic acids is 1. The number of ether oxygens (including phenoxy) is 2. The average Bonchev–Trinajstić information content (AvgIpc) is 2.54. The van der Waals surface area contributed by atoms with Crippen LogP contribution in [-0.4, -0.2) is 20.1 Å². The number of benzene rings is 2. The van der Waals surface area contributed by atoms with Gasteiger partial charge in [0, 0.05) is 11.8 Å². The Bertz CT molecular complexity index is 638. The van der Waals surface area contributed by atoms with Crippen molar-refractivity contribution >= 4 is 11.6 Å². The third kappa shape index (κ3) is 3.54. The Balaban J connectivity index is 2.23. The van der Waals surface area contributed by atoms with E-state index in [9.17, 15) is 4.79 Å². The zero-order valence-electron chi connectivity index (χ0n) is 12.5. The summed E-state index contributed by atoms with van der Waals surface area (Å²) in [7, 11) is 3.11. The van der Waals surface area contributed by atoms with Gasteiger partial charge in [-0.1, -0.05) is 19.1 Å². The van der Waals surface area contributed by atoms with E-state index < -0.39 is 0 Å². The SMILES string of the molecule is CCc1cccc(NC(=O)c2ccc(OC)cc2OC)c1. The standard InChI is InChI=1S/C17H19NO3/c1-4-12-6-5-7-13(10-12)18-17(19)15-9-8-14(20-2)11-16(15)21-3/h5-11H,4H2,1-3H3,(H,18,19). The van der Waals surface area contributed by atoms with Gasteiger partial charge in [-0.2, -0.15) is 0 Å². The monoisotopic (exact) mass is 285 g/mol. The van der Waals surface area contributed by atoms with Gasteiger partial charge in [0.2, 0.25) is 0 Å². The molecule has 0 fully saturated rings. The van der Waals surface area contributed by atoms with Crippen LogP contribution in [0.2, 0.25) is 0 Å². The first-order valence-electron chi connectivity index (χ1n) is 6.80. The van der Waals surface area contributed by atoms with E-state index in [4.69, 9.17) is 9.47 Å². The van der Waals surface area contributed by atoms with Crippen molar-refractivity contribution in [2.45, 2.75) is 13.3 Å². The van der Waals surface area contributed by atoms with Gasteiger partial charge < -0.3 is 14.8 Å². The zero-order valence-corrected chi connectivity index (χ0v) is 12.5. The summed E-state index contributed by atoms with van der Waals surface area (Å²) < 4.78 is 10.4. The fraction of sp³-hybridized carbons (Fsp3) is 0.235. The Morgan fingerprint density at radius 1 is 1.10 bits per heavy atom. The largest absolute Gasteiger partial charge is 0.497 e. The lowest BCUT2D eigenvalue weighted by molar-refractivity contribution is 0.102. The van der Waals surface area contributed by atoms with Gasteiger partial charge in [-0.15, -0.1) is 0 Å². The molecule has 0 radical (unpaired) electrons. The fourth-order valence-electron chi connectivity index (χ4n) is 2.05. The second kappa shape index (κ2) is 6.79. The molecule has 4 nitrogen and oxygen atoms in total. The second-order valence-corrected chi connectivity index (χ2v) is 4.57. The number of aryl methyl sites for hydroxylation is 1. The highest BCUT2D eigenvalue weighted by atomic mass is 16.5. The van der Waals surface area contributed by atoms with Crippen LogP contribution in [0, 0.1) is 0 Å². The second-order valence-electron chi connectivity index (χ2n) is 4.57. The van der Waals surface area contributed by atoms with Gasteiger partial charge in [0.25, 0.3) is 5.91 Å². The lowest BCUT2D eigenvalue weighted by Gasteiger charge is -2.11. The highest BCUT2D eigenvalue weighted by Gasteiger charge is 2.13. The predicted molar refractivity (Wildman–Crippen MR) is 83.3 cm³/mol. The first-order chi connectivity index (χ1) is 10.2. The summed E-state index contributed by atoms with van der Waals surface area (Å²) in [6.45, 7) is 2.08. The van der Waals surface area contributed by atoms with E-state index in [2.05, 4.69) is 12.2 Å². The molecular weight excluding hydrogens is 266 g/mol. The number of methoxy groups -OCH3 is 2. The van der Waals surface area contributed by atoms with E-state index in [0.29, 0.717) is 17.1 Å². The lowest BCUT2D eigenvalue weighted by atomic mass is 10.1. The molecule has 0 unspecified atom stereocenters. The molecule has 0 heterocycles. The first kappa shape index (κ1) is 14.9. The summed E-state index contributed by atoms with van der Waals surface area (Å²) in [5, 5.41) is 2.89. The quantitative estimate of drug-likeness (QED) is 0.914. The predicted octanol–water partition coefficient (Wildman–Crippen LogP) is 3.52. The highest BCUT2D eigenvalue weighted by molar-refractivity contribution is 6.06. The van der Waals surface area contributed by atoms with Crippen LogP contribution in [0.15, 0.2) is 42.5 Å². The van der Waals surface area contributed by atoms with E-state index in [0.717, 1.165) is 12.1 Å². The van der Waals surface area contributed by atoms with Crippen molar-refractivity contribution in [3.05, 3.63) is 53.6 Å². The third-order valence-corrected chi connectivity index (χ3v) is 3.25. The van der Waals surface area contributed by atoms with Crippen molar-refractivity contribution in [3.8, 4) is 11.5 Å². The average molecular weight is 285 g/mol. The van der Waals surface area contributed by atoms with Gasteiger partial charge in [-0.05, 0) is 36.2 Å². The molecule has 2 aromatic rings. The van der Waals surface area contributed by atoms with Crippen molar-refractivity contribution in [2.24, 2.45) is 0 Å². The van der Waals surface area contributed by atoms with Crippen LogP contribution in [0.3, 0.4) is 0 Å². The normalized spacial score (nSPS) is 10.0. The Kier molecular flexibility index (Phi) is 4.82. The molecule has 0 bridgehead atoms. The van der Waals surface area contributed by atoms with Gasteiger partial charge in [-0.25, -0.2) is 0 Å². The van der Waals surface area contributed by atoms with Crippen LogP contribution in [0.4, 0.5) is 5.69 Å². The van der Waals surface area contributed by atoms with Crippen LogP contribution in [0.1, 0.15) is 22.8 Å². The minimum absolute atomic E-state index is 0.206. The molecule has 2 aromatic carbocycles. The molecule has 0 aliphatic rings. The van der Waals surface area contributed by atoms with Crippen LogP contribution in [-0.2, 0) is 6.42 Å². The van der Waals surface area contributed by atoms with Crippen molar-refractivity contribution in [2.75, 3.05) is 19.5 Å². The van der Waals surface area contributed by atoms with E-state index in [-0.39, 0.29) is 5.91 Å². The van der Waals surface area contributed by atoms with E-state index >= 15 is 0 Å². The van der Waals surface area contributed by atoms with E-state index in [1.807, 2.05) is 24.3 Å². The number of amides is 1. The van der Waals surface area contributed by atoms with Gasteiger partial charge in [-0.3, -0.25) is 4.79 Å². The van der Waals surface area contributed by atoms with Crippen molar-refractivity contribution < 1.29 is 14.3 Å². The maximum Gasteiger partial charge on any atom is 0.259 e. The molecule has 0 aliphatic heterocycles. The summed E-state index contributed by atoms with van der Waals surface area (Å²) in [6.07, 6.45) is 0.926. The highest BCUT2D eigenvalue weighted by Crippen LogP contribution is 2.25. The molecule has 0 atom stereocenters. The number of carbonyl (C=O) groups is 1. The molecule has 110 valence electrons. The Morgan fingerprint density at radius 2 is 1.90 bits per heavy atom. The van der Waals surface area contributed by atoms with Crippen molar-refractivity contribution in [1.29, 1.82) is 0 Å². The van der Waals surface area contributed by atoms with Crippen molar-refractivity contribution in [1.82, 2.24) is 0 Å². The minimum Gasteiger partial charge on any atom is -0.497 e. The number of hydrogen-bond acceptors (Lipinski definition) is 3. The third-order valence-electron chi connectivity index (χ3n) is 3.25. The Morgan fingerprint density at radius 3 is 2.57 bits per heavy atom. The summed E-state index contributed by atoms with van der Waals surface area (Å²) in [6, 6.07) is 12.9. The topological polar surface area (TPSA) is 47.6 Å². The van der Waals surface area contributed by atoms with Gasteiger partial charge in [0.05, 0.1) is 19.8 Å². The number of anilines is 1. The van der Waals surface area contributed by atoms with E-state index in [1.54, 1.807) is 25.3 Å². The zero-order chi connectivity index (χ0) is 15.2. The summed E-state index contributed by atoms with van der Waals surface area (Å²) in [5.41, 5.74) is 2.42. The van der Waals surface area contributed by atoms with Crippen molar-refractivity contribution in [3.63, 3.8) is 0 Å². The van der Waals surface area contributed by atoms with Gasteiger partial charge >= 0.3 is 0 Å². The Hall–Kier alpha value is -2.49. The smallest absolute Gasteiger partial charge is 0.259 e. The molecular formula is C17H19NO3. The molecule has 0 saturated carbocycles. The van der Waals surface area contributed by atoms with Crippen LogP contribution >= 0.6 is 0 Å². The Labute approximate surface area is 124 Å². The maximum atomic E-state index is 12.4. The van der Waals surface area contributed by atoms with Gasteiger partial charge in [0.1, 0.15) is 11.5 Å². The summed E-state index contributed by atoms with van der Waals surface area (Å²) >= 11 is 0. The van der Waals surface area contributed by atoms with Gasteiger partial charge in [0.15, 0.2) is 0 Å². The van der Waals surface area contributed by atoms with Crippen LogP contribution in [0.5, 0.6) is 11.5 Å². The summed E-state index contributed by atoms with van der Waals surface area (Å²) in [5.74, 6) is 0.928. The number of hydrogen-bond donors (Lipinski definition) is 1. The maximum absolute atomic E-state index is 12.4. The molecule has 0 aliphatic carbocycles. The van der Waals surface area contributed by atoms with Crippen LogP contribution < -0.4 is 14.8 Å². The minimum atomic E-state index is -0.206. The van der Waals surface area contributed by atoms with E-state index in [1.165, 1.54) is 12.7 Å². The fourth-order valence-corrected chi connectivity index (χ4v) is 2.05. The number of rotatable bonds is 5. The molecule has 1 amide bonds. The lowest BCUT2D eigenvalue weighted by Crippen LogP contribution is -2.13. The first-order valence-corrected chi connectivity index (χ1v) is 6.80. The molecule has 0 aromatic heterocycles. The molecule has 4 heteroatoms. The number of nitrogens with one attached hydrogen (secondary N) is 1. The molecule has 0 saturated heterocycles. The molecule has 0 spiro atoms.